The van der Waals surface area contributed by atoms with E-state index in [1.807, 2.05) is 11.0 Å². The van der Waals surface area contributed by atoms with Gasteiger partial charge < -0.3 is 9.80 Å². The Morgan fingerprint density at radius 1 is 1.14 bits per heavy atom. The van der Waals surface area contributed by atoms with Crippen LogP contribution in [-0.2, 0) is 4.79 Å². The van der Waals surface area contributed by atoms with Gasteiger partial charge in [-0.2, -0.15) is 0 Å². The zero-order valence-corrected chi connectivity index (χ0v) is 12.8. The lowest BCUT2D eigenvalue weighted by atomic mass is 9.84. The number of hydrogen-bond donors (Lipinski definition) is 0. The minimum Gasteiger partial charge on any atom is -0.345 e. The molecule has 5 heteroatoms. The van der Waals surface area contributed by atoms with Crippen molar-refractivity contribution in [3.63, 3.8) is 0 Å². The molecule has 4 rings (SSSR count). The molecule has 2 heterocycles. The fourth-order valence-corrected chi connectivity index (χ4v) is 4.04. The molecule has 2 aromatic rings. The summed E-state index contributed by atoms with van der Waals surface area (Å²) in [5.41, 5.74) is 1.07. The fourth-order valence-electron chi connectivity index (χ4n) is 3.03. The SMILES string of the molecule is O=C(C1CCC1)N1CCN(c2nc3ccccc3s2)CC1. The number of piperazine rings is 1. The maximum absolute atomic E-state index is 12.3. The van der Waals surface area contributed by atoms with Crippen molar-refractivity contribution in [2.45, 2.75) is 19.3 Å². The van der Waals surface area contributed by atoms with Crippen molar-refractivity contribution in [2.24, 2.45) is 5.92 Å². The zero-order chi connectivity index (χ0) is 14.2. The van der Waals surface area contributed by atoms with E-state index >= 15 is 0 Å². The van der Waals surface area contributed by atoms with Crippen LogP contribution < -0.4 is 4.90 Å². The minimum absolute atomic E-state index is 0.319. The van der Waals surface area contributed by atoms with Crippen LogP contribution in [0.25, 0.3) is 10.2 Å². The highest BCUT2D eigenvalue weighted by Gasteiger charge is 2.31. The normalized spacial score (nSPS) is 19.8. The van der Waals surface area contributed by atoms with Crippen LogP contribution in [0.5, 0.6) is 0 Å². The predicted molar refractivity (Wildman–Crippen MR) is 85.8 cm³/mol. The number of carbonyl (C=O) groups is 1. The number of amides is 1. The third-order valence-electron chi connectivity index (χ3n) is 4.60. The summed E-state index contributed by atoms with van der Waals surface area (Å²) in [6.45, 7) is 3.48. The van der Waals surface area contributed by atoms with Crippen LogP contribution in [0, 0.1) is 5.92 Å². The van der Waals surface area contributed by atoms with E-state index in [2.05, 4.69) is 23.1 Å². The van der Waals surface area contributed by atoms with E-state index in [-0.39, 0.29) is 0 Å². The molecule has 2 fully saturated rings. The monoisotopic (exact) mass is 301 g/mol. The number of anilines is 1. The molecule has 1 amide bonds. The molecule has 1 aliphatic heterocycles. The highest BCUT2D eigenvalue weighted by atomic mass is 32.1. The third kappa shape index (κ3) is 2.39. The second-order valence-electron chi connectivity index (χ2n) is 5.90. The summed E-state index contributed by atoms with van der Waals surface area (Å²) in [4.78, 5) is 21.3. The molecule has 1 aromatic carbocycles. The van der Waals surface area contributed by atoms with Gasteiger partial charge in [0.2, 0.25) is 5.91 Å². The van der Waals surface area contributed by atoms with Gasteiger partial charge in [-0.05, 0) is 25.0 Å². The first-order valence-electron chi connectivity index (χ1n) is 7.70. The second kappa shape index (κ2) is 5.30. The van der Waals surface area contributed by atoms with Crippen molar-refractivity contribution in [1.29, 1.82) is 0 Å². The molecular formula is C16H19N3OS. The summed E-state index contributed by atoms with van der Waals surface area (Å²) in [6.07, 6.45) is 3.41. The molecule has 1 aromatic heterocycles. The molecule has 4 nitrogen and oxygen atoms in total. The molecule has 0 unspecified atom stereocenters. The first kappa shape index (κ1) is 13.1. The molecule has 1 saturated carbocycles. The van der Waals surface area contributed by atoms with Crippen molar-refractivity contribution in [1.82, 2.24) is 9.88 Å². The molecule has 0 spiro atoms. The molecule has 21 heavy (non-hydrogen) atoms. The Kier molecular flexibility index (Phi) is 3.30. The van der Waals surface area contributed by atoms with Crippen molar-refractivity contribution >= 4 is 32.6 Å². The Hall–Kier alpha value is -1.62. The Balaban J connectivity index is 1.43. The third-order valence-corrected chi connectivity index (χ3v) is 5.70. The molecule has 0 bridgehead atoms. The Morgan fingerprint density at radius 3 is 2.57 bits per heavy atom. The second-order valence-corrected chi connectivity index (χ2v) is 6.91. The first-order valence-corrected chi connectivity index (χ1v) is 8.52. The van der Waals surface area contributed by atoms with Gasteiger partial charge in [-0.3, -0.25) is 4.79 Å². The van der Waals surface area contributed by atoms with Crippen molar-refractivity contribution in [3.05, 3.63) is 24.3 Å². The van der Waals surface area contributed by atoms with Crippen LogP contribution in [0.4, 0.5) is 5.13 Å². The van der Waals surface area contributed by atoms with Crippen LogP contribution in [0.3, 0.4) is 0 Å². The number of nitrogens with zero attached hydrogens (tertiary/aromatic N) is 3. The lowest BCUT2D eigenvalue weighted by Crippen LogP contribution is -2.51. The van der Waals surface area contributed by atoms with E-state index in [9.17, 15) is 4.79 Å². The standard InChI is InChI=1S/C16H19N3OS/c20-15(12-4-3-5-12)18-8-10-19(11-9-18)16-17-13-6-1-2-7-14(13)21-16/h1-2,6-7,12H,3-5,8-11H2. The molecule has 2 aliphatic rings. The summed E-state index contributed by atoms with van der Waals surface area (Å²) in [5.74, 6) is 0.698. The van der Waals surface area contributed by atoms with E-state index in [4.69, 9.17) is 4.98 Å². The number of para-hydroxylation sites is 1. The van der Waals surface area contributed by atoms with Crippen molar-refractivity contribution < 1.29 is 4.79 Å². The summed E-state index contributed by atoms with van der Waals surface area (Å²) in [6, 6.07) is 8.26. The van der Waals surface area contributed by atoms with Gasteiger partial charge in [0.15, 0.2) is 5.13 Å². The number of aromatic nitrogens is 1. The highest BCUT2D eigenvalue weighted by Crippen LogP contribution is 2.31. The van der Waals surface area contributed by atoms with Gasteiger partial charge in [0.1, 0.15) is 0 Å². The van der Waals surface area contributed by atoms with E-state index < -0.39 is 0 Å². The lowest BCUT2D eigenvalue weighted by molar-refractivity contribution is -0.138. The van der Waals surface area contributed by atoms with E-state index in [0.29, 0.717) is 11.8 Å². The van der Waals surface area contributed by atoms with Crippen LogP contribution >= 0.6 is 11.3 Å². The summed E-state index contributed by atoms with van der Waals surface area (Å²) < 4.78 is 1.24. The van der Waals surface area contributed by atoms with Gasteiger partial charge in [0.25, 0.3) is 0 Å². The topological polar surface area (TPSA) is 36.4 Å². The molecule has 0 atom stereocenters. The number of benzene rings is 1. The van der Waals surface area contributed by atoms with Gasteiger partial charge in [-0.25, -0.2) is 4.98 Å². The largest absolute Gasteiger partial charge is 0.345 e. The molecule has 0 radical (unpaired) electrons. The first-order chi connectivity index (χ1) is 10.3. The van der Waals surface area contributed by atoms with Crippen LogP contribution in [-0.4, -0.2) is 42.0 Å². The van der Waals surface area contributed by atoms with Crippen LogP contribution in [0.15, 0.2) is 24.3 Å². The summed E-state index contributed by atoms with van der Waals surface area (Å²) >= 11 is 1.75. The maximum atomic E-state index is 12.3. The van der Waals surface area contributed by atoms with Gasteiger partial charge in [-0.1, -0.05) is 29.9 Å². The quantitative estimate of drug-likeness (QED) is 0.856. The number of carbonyl (C=O) groups excluding carboxylic acids is 1. The molecular weight excluding hydrogens is 282 g/mol. The Labute approximate surface area is 128 Å². The van der Waals surface area contributed by atoms with E-state index in [0.717, 1.165) is 49.7 Å². The number of thiazole rings is 1. The molecule has 1 saturated heterocycles. The number of fused-ring (bicyclic) bond motifs is 1. The van der Waals surface area contributed by atoms with Gasteiger partial charge in [0, 0.05) is 32.1 Å². The average molecular weight is 301 g/mol. The van der Waals surface area contributed by atoms with Crippen molar-refractivity contribution in [2.75, 3.05) is 31.1 Å². The summed E-state index contributed by atoms with van der Waals surface area (Å²) in [5, 5.41) is 1.09. The van der Waals surface area contributed by atoms with Gasteiger partial charge in [0.05, 0.1) is 10.2 Å². The van der Waals surface area contributed by atoms with Gasteiger partial charge >= 0.3 is 0 Å². The fraction of sp³-hybridized carbons (Fsp3) is 0.500. The lowest BCUT2D eigenvalue weighted by Gasteiger charge is -2.38. The van der Waals surface area contributed by atoms with Crippen LogP contribution in [0.1, 0.15) is 19.3 Å². The minimum atomic E-state index is 0.319. The van der Waals surface area contributed by atoms with E-state index in [1.54, 1.807) is 11.3 Å². The molecule has 110 valence electrons. The zero-order valence-electron chi connectivity index (χ0n) is 12.0. The van der Waals surface area contributed by atoms with Crippen molar-refractivity contribution in [3.8, 4) is 0 Å². The number of hydrogen-bond acceptors (Lipinski definition) is 4. The van der Waals surface area contributed by atoms with Gasteiger partial charge in [-0.15, -0.1) is 0 Å². The highest BCUT2D eigenvalue weighted by molar-refractivity contribution is 7.22. The maximum Gasteiger partial charge on any atom is 0.225 e. The van der Waals surface area contributed by atoms with E-state index in [1.165, 1.54) is 11.1 Å². The Bertz CT molecular complexity index is 623. The molecule has 1 aliphatic carbocycles. The van der Waals surface area contributed by atoms with Crippen LogP contribution in [0.2, 0.25) is 0 Å². The predicted octanol–water partition coefficient (Wildman–Crippen LogP) is 2.75. The smallest absolute Gasteiger partial charge is 0.225 e. The Morgan fingerprint density at radius 2 is 1.90 bits per heavy atom. The number of rotatable bonds is 2. The average Bonchev–Trinajstić information content (AvgIpc) is 2.89. The summed E-state index contributed by atoms with van der Waals surface area (Å²) in [7, 11) is 0. The molecule has 0 N–H and O–H groups in total.